The molecule has 0 spiro atoms. The highest BCUT2D eigenvalue weighted by molar-refractivity contribution is 5.45. The summed E-state index contributed by atoms with van der Waals surface area (Å²) in [5.41, 5.74) is 0.806. The van der Waals surface area contributed by atoms with Crippen LogP contribution in [-0.2, 0) is 0 Å². The number of aliphatic hydroxyl groups excluding tert-OH is 1. The molecule has 16 heavy (non-hydrogen) atoms. The van der Waals surface area contributed by atoms with Crippen molar-refractivity contribution in [2.45, 2.75) is 19.3 Å². The van der Waals surface area contributed by atoms with Gasteiger partial charge in [-0.05, 0) is 25.0 Å². The standard InChI is InChI=1S/C12H17F2NO/c13-12(14)10-15(8-4-5-9-16)11-6-2-1-3-7-11/h1-3,6-7,12,16H,4-5,8-10H2. The van der Waals surface area contributed by atoms with Crippen LogP contribution in [-0.4, -0.2) is 31.2 Å². The lowest BCUT2D eigenvalue weighted by Crippen LogP contribution is -2.29. The molecule has 0 saturated heterocycles. The highest BCUT2D eigenvalue weighted by Gasteiger charge is 2.11. The van der Waals surface area contributed by atoms with Crippen molar-refractivity contribution in [2.75, 3.05) is 24.6 Å². The first-order chi connectivity index (χ1) is 7.74. The van der Waals surface area contributed by atoms with Gasteiger partial charge in [-0.15, -0.1) is 0 Å². The Morgan fingerprint density at radius 2 is 1.81 bits per heavy atom. The number of anilines is 1. The molecule has 0 saturated carbocycles. The molecule has 1 aromatic rings. The largest absolute Gasteiger partial charge is 0.396 e. The Kier molecular flexibility index (Phi) is 5.78. The van der Waals surface area contributed by atoms with Crippen molar-refractivity contribution >= 4 is 5.69 Å². The Balaban J connectivity index is 2.56. The molecule has 4 heteroatoms. The zero-order valence-corrected chi connectivity index (χ0v) is 9.15. The van der Waals surface area contributed by atoms with Crippen molar-refractivity contribution < 1.29 is 13.9 Å². The number of benzene rings is 1. The molecule has 0 atom stereocenters. The summed E-state index contributed by atoms with van der Waals surface area (Å²) in [6, 6.07) is 9.17. The van der Waals surface area contributed by atoms with Crippen LogP contribution in [0, 0.1) is 0 Å². The first-order valence-corrected chi connectivity index (χ1v) is 5.43. The maximum Gasteiger partial charge on any atom is 0.255 e. The molecule has 1 N–H and O–H groups in total. The van der Waals surface area contributed by atoms with Gasteiger partial charge in [-0.2, -0.15) is 0 Å². The van der Waals surface area contributed by atoms with Gasteiger partial charge in [0, 0.05) is 18.8 Å². The first kappa shape index (κ1) is 12.9. The molecule has 90 valence electrons. The number of rotatable bonds is 7. The van der Waals surface area contributed by atoms with Crippen LogP contribution in [0.15, 0.2) is 30.3 Å². The van der Waals surface area contributed by atoms with Gasteiger partial charge in [0.1, 0.15) is 0 Å². The average molecular weight is 229 g/mol. The van der Waals surface area contributed by atoms with Gasteiger partial charge in [0.2, 0.25) is 0 Å². The minimum Gasteiger partial charge on any atom is -0.396 e. The van der Waals surface area contributed by atoms with Gasteiger partial charge in [-0.25, -0.2) is 8.78 Å². The highest BCUT2D eigenvalue weighted by Crippen LogP contribution is 2.15. The molecule has 2 nitrogen and oxygen atoms in total. The molecule has 0 aliphatic heterocycles. The molecule has 0 aromatic heterocycles. The molecule has 0 aliphatic rings. The van der Waals surface area contributed by atoms with E-state index >= 15 is 0 Å². The van der Waals surface area contributed by atoms with Gasteiger partial charge in [0.25, 0.3) is 6.43 Å². The maximum absolute atomic E-state index is 12.4. The molecular formula is C12H17F2NO. The molecule has 0 radical (unpaired) electrons. The van der Waals surface area contributed by atoms with E-state index in [-0.39, 0.29) is 13.2 Å². The van der Waals surface area contributed by atoms with E-state index in [0.717, 1.165) is 12.1 Å². The predicted octanol–water partition coefficient (Wildman–Crippen LogP) is 2.53. The third kappa shape index (κ3) is 4.57. The topological polar surface area (TPSA) is 23.5 Å². The minimum absolute atomic E-state index is 0.108. The molecule has 0 fully saturated rings. The fourth-order valence-corrected chi connectivity index (χ4v) is 1.55. The molecule has 0 amide bonds. The van der Waals surface area contributed by atoms with E-state index in [0.29, 0.717) is 13.0 Å². The lowest BCUT2D eigenvalue weighted by molar-refractivity contribution is 0.154. The van der Waals surface area contributed by atoms with Crippen LogP contribution in [0.1, 0.15) is 12.8 Å². The van der Waals surface area contributed by atoms with Crippen LogP contribution >= 0.6 is 0 Å². The second kappa shape index (κ2) is 7.17. The smallest absolute Gasteiger partial charge is 0.255 e. The van der Waals surface area contributed by atoms with Crippen LogP contribution < -0.4 is 4.90 Å². The summed E-state index contributed by atoms with van der Waals surface area (Å²) < 4.78 is 24.8. The number of halogens is 2. The average Bonchev–Trinajstić information content (AvgIpc) is 2.29. The van der Waals surface area contributed by atoms with Crippen molar-refractivity contribution in [3.63, 3.8) is 0 Å². The van der Waals surface area contributed by atoms with E-state index in [1.807, 2.05) is 30.3 Å². The summed E-state index contributed by atoms with van der Waals surface area (Å²) in [6.45, 7) is 0.404. The zero-order valence-electron chi connectivity index (χ0n) is 9.15. The fraction of sp³-hybridized carbons (Fsp3) is 0.500. The minimum atomic E-state index is -2.34. The van der Waals surface area contributed by atoms with Crippen molar-refractivity contribution in [1.29, 1.82) is 0 Å². The number of nitrogens with zero attached hydrogens (tertiary/aromatic N) is 1. The molecule has 0 aliphatic carbocycles. The Morgan fingerprint density at radius 3 is 2.38 bits per heavy atom. The first-order valence-electron chi connectivity index (χ1n) is 5.43. The Morgan fingerprint density at radius 1 is 1.12 bits per heavy atom. The predicted molar refractivity (Wildman–Crippen MR) is 61.0 cm³/mol. The second-order valence-electron chi connectivity index (χ2n) is 3.60. The number of aliphatic hydroxyl groups is 1. The number of para-hydroxylation sites is 1. The molecule has 1 aromatic carbocycles. The summed E-state index contributed by atoms with van der Waals surface area (Å²) in [6.07, 6.45) is -0.973. The number of alkyl halides is 2. The number of hydrogen-bond acceptors (Lipinski definition) is 2. The Bertz CT molecular complexity index is 280. The quantitative estimate of drug-likeness (QED) is 0.726. The van der Waals surface area contributed by atoms with E-state index in [9.17, 15) is 8.78 Å². The highest BCUT2D eigenvalue weighted by atomic mass is 19.3. The van der Waals surface area contributed by atoms with Crippen LogP contribution in [0.2, 0.25) is 0 Å². The van der Waals surface area contributed by atoms with Crippen molar-refractivity contribution in [3.8, 4) is 0 Å². The molecule has 0 heterocycles. The van der Waals surface area contributed by atoms with Crippen LogP contribution in [0.5, 0.6) is 0 Å². The lowest BCUT2D eigenvalue weighted by atomic mass is 10.2. The summed E-state index contributed by atoms with van der Waals surface area (Å²) in [5, 5.41) is 8.66. The van der Waals surface area contributed by atoms with Gasteiger partial charge in [0.15, 0.2) is 0 Å². The van der Waals surface area contributed by atoms with E-state index < -0.39 is 6.43 Å². The molecule has 1 rings (SSSR count). The van der Waals surface area contributed by atoms with Gasteiger partial charge >= 0.3 is 0 Å². The lowest BCUT2D eigenvalue weighted by Gasteiger charge is -2.24. The third-order valence-electron chi connectivity index (χ3n) is 2.32. The summed E-state index contributed by atoms with van der Waals surface area (Å²) >= 11 is 0. The van der Waals surface area contributed by atoms with Crippen LogP contribution in [0.4, 0.5) is 14.5 Å². The van der Waals surface area contributed by atoms with Gasteiger partial charge in [-0.1, -0.05) is 18.2 Å². The van der Waals surface area contributed by atoms with Crippen LogP contribution in [0.25, 0.3) is 0 Å². The Labute approximate surface area is 94.5 Å². The SMILES string of the molecule is OCCCCN(CC(F)F)c1ccccc1. The monoisotopic (exact) mass is 229 g/mol. The van der Waals surface area contributed by atoms with Crippen LogP contribution in [0.3, 0.4) is 0 Å². The zero-order chi connectivity index (χ0) is 11.8. The second-order valence-corrected chi connectivity index (χ2v) is 3.60. The Hall–Kier alpha value is -1.16. The van der Waals surface area contributed by atoms with Crippen molar-refractivity contribution in [1.82, 2.24) is 0 Å². The van der Waals surface area contributed by atoms with E-state index in [1.54, 1.807) is 4.90 Å². The number of hydrogen-bond donors (Lipinski definition) is 1. The number of unbranched alkanes of at least 4 members (excludes halogenated alkanes) is 1. The normalized spacial score (nSPS) is 10.8. The molecule has 0 bridgehead atoms. The molecule has 0 unspecified atom stereocenters. The molecular weight excluding hydrogens is 212 g/mol. The van der Waals surface area contributed by atoms with E-state index in [4.69, 9.17) is 5.11 Å². The van der Waals surface area contributed by atoms with Crippen molar-refractivity contribution in [3.05, 3.63) is 30.3 Å². The summed E-state index contributed by atoms with van der Waals surface area (Å²) in [5.74, 6) is 0. The third-order valence-corrected chi connectivity index (χ3v) is 2.32. The van der Waals surface area contributed by atoms with Gasteiger partial charge in [0.05, 0.1) is 6.54 Å². The van der Waals surface area contributed by atoms with E-state index in [2.05, 4.69) is 0 Å². The van der Waals surface area contributed by atoms with E-state index in [1.165, 1.54) is 0 Å². The fourth-order valence-electron chi connectivity index (χ4n) is 1.55. The maximum atomic E-state index is 12.4. The van der Waals surface area contributed by atoms with Gasteiger partial charge in [-0.3, -0.25) is 0 Å². The summed E-state index contributed by atoms with van der Waals surface area (Å²) in [4.78, 5) is 1.65. The van der Waals surface area contributed by atoms with Crippen molar-refractivity contribution in [2.24, 2.45) is 0 Å². The summed E-state index contributed by atoms with van der Waals surface area (Å²) in [7, 11) is 0. The van der Waals surface area contributed by atoms with Gasteiger partial charge < -0.3 is 10.0 Å².